The Morgan fingerprint density at radius 2 is 2.35 bits per heavy atom. The van der Waals surface area contributed by atoms with Crippen LogP contribution in [0.4, 0.5) is 5.82 Å². The van der Waals surface area contributed by atoms with E-state index in [1.165, 1.54) is 0 Å². The highest BCUT2D eigenvalue weighted by Gasteiger charge is 2.25. The molecular weight excluding hydrogens is 254 g/mol. The Morgan fingerprint density at radius 3 is 2.95 bits per heavy atom. The lowest BCUT2D eigenvalue weighted by Crippen LogP contribution is -2.37. The topological polar surface area (TPSA) is 54.5 Å². The minimum atomic E-state index is 0.0387. The Kier molecular flexibility index (Phi) is 4.95. The largest absolute Gasteiger partial charge is 0.379 e. The molecule has 1 aliphatic heterocycles. The maximum atomic E-state index is 12.6. The van der Waals surface area contributed by atoms with Gasteiger partial charge in [-0.2, -0.15) is 0 Å². The van der Waals surface area contributed by atoms with Crippen molar-refractivity contribution < 1.29 is 9.53 Å². The van der Waals surface area contributed by atoms with Crippen LogP contribution in [-0.2, 0) is 11.2 Å². The van der Waals surface area contributed by atoms with Crippen molar-refractivity contribution in [2.45, 2.75) is 32.2 Å². The molecule has 1 N–H and O–H groups in total. The Bertz CT molecular complexity index is 470. The molecule has 20 heavy (non-hydrogen) atoms. The summed E-state index contributed by atoms with van der Waals surface area (Å²) in [6, 6.07) is 3.90. The Hall–Kier alpha value is -1.62. The Morgan fingerprint density at radius 1 is 1.55 bits per heavy atom. The number of aryl methyl sites for hydroxylation is 1. The SMILES string of the molecule is CCCc1cc(C(=O)N(C)C2CCOC2)cc(NC)n1. The van der Waals surface area contributed by atoms with E-state index in [-0.39, 0.29) is 11.9 Å². The van der Waals surface area contributed by atoms with E-state index in [9.17, 15) is 4.79 Å². The van der Waals surface area contributed by atoms with E-state index in [1.807, 2.05) is 26.2 Å². The van der Waals surface area contributed by atoms with Crippen LogP contribution < -0.4 is 5.32 Å². The molecular formula is C15H23N3O2. The summed E-state index contributed by atoms with van der Waals surface area (Å²) >= 11 is 0. The first-order valence-corrected chi connectivity index (χ1v) is 7.19. The summed E-state index contributed by atoms with van der Waals surface area (Å²) in [5.41, 5.74) is 1.65. The van der Waals surface area contributed by atoms with E-state index in [1.54, 1.807) is 4.90 Å². The van der Waals surface area contributed by atoms with Gasteiger partial charge < -0.3 is 15.0 Å². The van der Waals surface area contributed by atoms with E-state index in [0.717, 1.165) is 37.4 Å². The summed E-state index contributed by atoms with van der Waals surface area (Å²) in [5.74, 6) is 0.784. The predicted octanol–water partition coefficient (Wildman–Crippen LogP) is 1.94. The highest BCUT2D eigenvalue weighted by Crippen LogP contribution is 2.17. The summed E-state index contributed by atoms with van der Waals surface area (Å²) in [6.45, 7) is 3.48. The van der Waals surface area contributed by atoms with E-state index in [0.29, 0.717) is 12.2 Å². The number of anilines is 1. The van der Waals surface area contributed by atoms with Crippen LogP contribution in [0.15, 0.2) is 12.1 Å². The second-order valence-electron chi connectivity index (χ2n) is 5.17. The van der Waals surface area contributed by atoms with E-state index >= 15 is 0 Å². The molecule has 1 atom stereocenters. The van der Waals surface area contributed by atoms with E-state index < -0.39 is 0 Å². The lowest BCUT2D eigenvalue weighted by Gasteiger charge is -2.23. The van der Waals surface area contributed by atoms with Crippen LogP contribution in [0.5, 0.6) is 0 Å². The first kappa shape index (κ1) is 14.8. The normalized spacial score (nSPS) is 18.1. The van der Waals surface area contributed by atoms with Crippen molar-refractivity contribution in [1.82, 2.24) is 9.88 Å². The zero-order valence-electron chi connectivity index (χ0n) is 12.5. The van der Waals surface area contributed by atoms with Crippen LogP contribution in [0, 0.1) is 0 Å². The van der Waals surface area contributed by atoms with Gasteiger partial charge >= 0.3 is 0 Å². The minimum absolute atomic E-state index is 0.0387. The third-order valence-corrected chi connectivity index (χ3v) is 3.66. The van der Waals surface area contributed by atoms with Gasteiger partial charge in [-0.1, -0.05) is 13.3 Å². The molecule has 0 aromatic carbocycles. The Balaban J connectivity index is 2.21. The quantitative estimate of drug-likeness (QED) is 0.893. The number of hydrogen-bond acceptors (Lipinski definition) is 4. The van der Waals surface area contributed by atoms with Crippen molar-refractivity contribution in [2.24, 2.45) is 0 Å². The van der Waals surface area contributed by atoms with Crippen LogP contribution in [0.25, 0.3) is 0 Å². The predicted molar refractivity (Wildman–Crippen MR) is 79.1 cm³/mol. The van der Waals surface area contributed by atoms with Crippen molar-refractivity contribution in [3.8, 4) is 0 Å². The van der Waals surface area contributed by atoms with E-state index in [4.69, 9.17) is 4.74 Å². The molecule has 5 heteroatoms. The first-order valence-electron chi connectivity index (χ1n) is 7.19. The molecule has 0 radical (unpaired) electrons. The third-order valence-electron chi connectivity index (χ3n) is 3.66. The number of rotatable bonds is 5. The summed E-state index contributed by atoms with van der Waals surface area (Å²) in [6.07, 6.45) is 2.81. The zero-order chi connectivity index (χ0) is 14.5. The fourth-order valence-corrected chi connectivity index (χ4v) is 2.42. The van der Waals surface area contributed by atoms with Crippen LogP contribution >= 0.6 is 0 Å². The lowest BCUT2D eigenvalue weighted by molar-refractivity contribution is 0.0711. The molecule has 110 valence electrons. The summed E-state index contributed by atoms with van der Waals surface area (Å²) in [4.78, 5) is 18.8. The number of carbonyl (C=O) groups excluding carboxylic acids is 1. The molecule has 1 aromatic rings. The number of amides is 1. The molecule has 2 heterocycles. The van der Waals surface area contributed by atoms with Gasteiger partial charge in [0.2, 0.25) is 0 Å². The van der Waals surface area contributed by atoms with Crippen molar-refractivity contribution in [1.29, 1.82) is 0 Å². The van der Waals surface area contributed by atoms with Crippen molar-refractivity contribution in [3.63, 3.8) is 0 Å². The van der Waals surface area contributed by atoms with Gasteiger partial charge in [0.05, 0.1) is 12.6 Å². The van der Waals surface area contributed by atoms with Crippen molar-refractivity contribution >= 4 is 11.7 Å². The van der Waals surface area contributed by atoms with Crippen molar-refractivity contribution in [2.75, 3.05) is 32.6 Å². The van der Waals surface area contributed by atoms with E-state index in [2.05, 4.69) is 17.2 Å². The number of nitrogens with zero attached hydrogens (tertiary/aromatic N) is 2. The van der Waals surface area contributed by atoms with Crippen LogP contribution in [0.2, 0.25) is 0 Å². The fraction of sp³-hybridized carbons (Fsp3) is 0.600. The summed E-state index contributed by atoms with van der Waals surface area (Å²) < 4.78 is 5.35. The van der Waals surface area contributed by atoms with Gasteiger partial charge in [-0.3, -0.25) is 4.79 Å². The lowest BCUT2D eigenvalue weighted by atomic mass is 10.1. The van der Waals surface area contributed by atoms with Gasteiger partial charge in [0, 0.05) is 32.0 Å². The number of carbonyl (C=O) groups is 1. The number of nitrogens with one attached hydrogen (secondary N) is 1. The average Bonchev–Trinajstić information content (AvgIpc) is 2.99. The molecule has 1 aliphatic rings. The zero-order valence-corrected chi connectivity index (χ0v) is 12.5. The molecule has 5 nitrogen and oxygen atoms in total. The summed E-state index contributed by atoms with van der Waals surface area (Å²) in [7, 11) is 3.67. The van der Waals surface area contributed by atoms with Gasteiger partial charge in [0.15, 0.2) is 0 Å². The first-order chi connectivity index (χ1) is 9.65. The molecule has 1 saturated heterocycles. The number of pyridine rings is 1. The molecule has 0 saturated carbocycles. The second kappa shape index (κ2) is 6.70. The second-order valence-corrected chi connectivity index (χ2v) is 5.17. The monoisotopic (exact) mass is 277 g/mol. The fourth-order valence-electron chi connectivity index (χ4n) is 2.42. The molecule has 1 unspecified atom stereocenters. The minimum Gasteiger partial charge on any atom is -0.379 e. The third kappa shape index (κ3) is 3.28. The molecule has 0 bridgehead atoms. The summed E-state index contributed by atoms with van der Waals surface area (Å²) in [5, 5.41) is 3.02. The van der Waals surface area contributed by atoms with Gasteiger partial charge in [-0.05, 0) is 25.0 Å². The van der Waals surface area contributed by atoms with Crippen LogP contribution in [0.1, 0.15) is 35.8 Å². The molecule has 0 spiro atoms. The maximum Gasteiger partial charge on any atom is 0.254 e. The number of hydrogen-bond donors (Lipinski definition) is 1. The smallest absolute Gasteiger partial charge is 0.254 e. The molecule has 0 aliphatic carbocycles. The van der Waals surface area contributed by atoms with Crippen LogP contribution in [0.3, 0.4) is 0 Å². The van der Waals surface area contributed by atoms with Crippen molar-refractivity contribution in [3.05, 3.63) is 23.4 Å². The number of ether oxygens (including phenoxy) is 1. The van der Waals surface area contributed by atoms with Gasteiger partial charge in [0.25, 0.3) is 5.91 Å². The maximum absolute atomic E-state index is 12.6. The average molecular weight is 277 g/mol. The highest BCUT2D eigenvalue weighted by molar-refractivity contribution is 5.95. The van der Waals surface area contributed by atoms with Gasteiger partial charge in [-0.15, -0.1) is 0 Å². The molecule has 1 aromatic heterocycles. The Labute approximate surface area is 120 Å². The van der Waals surface area contributed by atoms with Crippen LogP contribution in [-0.4, -0.2) is 49.1 Å². The molecule has 1 amide bonds. The number of likely N-dealkylation sites (N-methyl/N-ethyl adjacent to an activating group) is 1. The van der Waals surface area contributed by atoms with Gasteiger partial charge in [0.1, 0.15) is 5.82 Å². The number of aromatic nitrogens is 1. The molecule has 1 fully saturated rings. The standard InChI is InChI=1S/C15H23N3O2/c1-4-5-12-8-11(9-14(16-2)17-12)15(19)18(3)13-6-7-20-10-13/h8-9,13H,4-7,10H2,1-3H3,(H,16,17). The molecule has 2 rings (SSSR count). The highest BCUT2D eigenvalue weighted by atomic mass is 16.5. The van der Waals surface area contributed by atoms with Gasteiger partial charge in [-0.25, -0.2) is 4.98 Å².